The zero-order chi connectivity index (χ0) is 20.4. The summed E-state index contributed by atoms with van der Waals surface area (Å²) in [6.07, 6.45) is 5.92. The van der Waals surface area contributed by atoms with Gasteiger partial charge in [-0.25, -0.2) is 0 Å². The van der Waals surface area contributed by atoms with E-state index in [0.717, 1.165) is 22.5 Å². The first-order valence-electron chi connectivity index (χ1n) is 9.84. The molecular weight excluding hydrogens is 360 g/mol. The van der Waals surface area contributed by atoms with Crippen molar-refractivity contribution in [3.8, 4) is 0 Å². The Hall–Kier alpha value is -3.34. The standard InChI is InChI=1S/C24H26N4O/c1-24(2,3)27-23(29)19-6-4-5-17(13-19)16-28-12-10-18-14-20(7-8-22(18)28)26-21-9-11-25-15-21/h4-14,26H,15-16H2,1-3H3,(H,27,29). The van der Waals surface area contributed by atoms with E-state index in [1.807, 2.05) is 51.3 Å². The maximum Gasteiger partial charge on any atom is 0.251 e. The van der Waals surface area contributed by atoms with Crippen LogP contribution in [0.1, 0.15) is 36.7 Å². The van der Waals surface area contributed by atoms with Crippen molar-refractivity contribution < 1.29 is 4.79 Å². The van der Waals surface area contributed by atoms with Gasteiger partial charge in [0.25, 0.3) is 5.91 Å². The number of hydrogen-bond acceptors (Lipinski definition) is 3. The summed E-state index contributed by atoms with van der Waals surface area (Å²) in [5.74, 6) is -0.0439. The molecular formula is C24H26N4O. The number of carbonyl (C=O) groups is 1. The van der Waals surface area contributed by atoms with Crippen LogP contribution in [0.15, 0.2) is 71.5 Å². The number of rotatable bonds is 5. The summed E-state index contributed by atoms with van der Waals surface area (Å²) in [6, 6.07) is 16.3. The molecule has 2 N–H and O–H groups in total. The minimum absolute atomic E-state index is 0.0439. The SMILES string of the molecule is CC(C)(C)NC(=O)c1cccc(Cn2ccc3cc(NC4=CC=NC4)ccc32)c1. The van der Waals surface area contributed by atoms with E-state index in [1.165, 1.54) is 5.39 Å². The monoisotopic (exact) mass is 386 g/mol. The molecule has 1 amide bonds. The average Bonchev–Trinajstić information content (AvgIpc) is 3.31. The number of amides is 1. The van der Waals surface area contributed by atoms with Crippen molar-refractivity contribution in [3.05, 3.63) is 77.6 Å². The molecule has 5 heteroatoms. The number of allylic oxidation sites excluding steroid dienone is 1. The second-order valence-corrected chi connectivity index (χ2v) is 8.43. The number of nitrogens with one attached hydrogen (secondary N) is 2. The second kappa shape index (κ2) is 7.59. The summed E-state index contributed by atoms with van der Waals surface area (Å²) in [4.78, 5) is 16.7. The van der Waals surface area contributed by atoms with Crippen molar-refractivity contribution in [3.63, 3.8) is 0 Å². The highest BCUT2D eigenvalue weighted by atomic mass is 16.1. The van der Waals surface area contributed by atoms with Gasteiger partial charge in [-0.2, -0.15) is 0 Å². The zero-order valence-electron chi connectivity index (χ0n) is 17.1. The fraction of sp³-hybridized carbons (Fsp3) is 0.250. The molecule has 0 spiro atoms. The van der Waals surface area contributed by atoms with Crippen LogP contribution in [0.2, 0.25) is 0 Å². The van der Waals surface area contributed by atoms with Gasteiger partial charge in [-0.1, -0.05) is 12.1 Å². The van der Waals surface area contributed by atoms with Gasteiger partial charge < -0.3 is 15.2 Å². The Kier molecular flexibility index (Phi) is 4.97. The summed E-state index contributed by atoms with van der Waals surface area (Å²) < 4.78 is 2.21. The minimum atomic E-state index is -0.254. The van der Waals surface area contributed by atoms with Crippen molar-refractivity contribution in [2.75, 3.05) is 11.9 Å². The van der Waals surface area contributed by atoms with Crippen LogP contribution in [0, 0.1) is 0 Å². The van der Waals surface area contributed by atoms with E-state index in [2.05, 4.69) is 56.7 Å². The lowest BCUT2D eigenvalue weighted by molar-refractivity contribution is 0.0919. The first-order chi connectivity index (χ1) is 13.9. The lowest BCUT2D eigenvalue weighted by Gasteiger charge is -2.20. The van der Waals surface area contributed by atoms with Gasteiger partial charge in [0.1, 0.15) is 0 Å². The van der Waals surface area contributed by atoms with Crippen LogP contribution in [0.5, 0.6) is 0 Å². The highest BCUT2D eigenvalue weighted by molar-refractivity contribution is 5.94. The highest BCUT2D eigenvalue weighted by Crippen LogP contribution is 2.23. The van der Waals surface area contributed by atoms with Gasteiger partial charge in [0, 0.05) is 52.3 Å². The Morgan fingerprint density at radius 2 is 2.00 bits per heavy atom. The summed E-state index contributed by atoms with van der Waals surface area (Å²) in [5.41, 5.74) is 4.86. The maximum atomic E-state index is 12.5. The minimum Gasteiger partial charge on any atom is -0.357 e. The van der Waals surface area contributed by atoms with Crippen LogP contribution >= 0.6 is 0 Å². The fourth-order valence-electron chi connectivity index (χ4n) is 3.45. The Bertz CT molecular complexity index is 1120. The number of benzene rings is 2. The molecule has 0 atom stereocenters. The Morgan fingerprint density at radius 1 is 1.14 bits per heavy atom. The molecule has 1 aromatic heterocycles. The number of aliphatic imine (C=N–C) groups is 1. The van der Waals surface area contributed by atoms with Crippen LogP contribution in [0.3, 0.4) is 0 Å². The molecule has 0 saturated heterocycles. The fourth-order valence-corrected chi connectivity index (χ4v) is 3.45. The molecule has 1 aliphatic rings. The molecule has 3 aromatic rings. The Morgan fingerprint density at radius 3 is 2.76 bits per heavy atom. The topological polar surface area (TPSA) is 58.4 Å². The van der Waals surface area contributed by atoms with E-state index in [9.17, 15) is 4.79 Å². The van der Waals surface area contributed by atoms with E-state index in [1.54, 1.807) is 0 Å². The van der Waals surface area contributed by atoms with E-state index in [0.29, 0.717) is 18.7 Å². The lowest BCUT2D eigenvalue weighted by atomic mass is 10.1. The molecule has 5 nitrogen and oxygen atoms in total. The predicted octanol–water partition coefficient (Wildman–Crippen LogP) is 4.60. The Balaban J connectivity index is 1.52. The Labute approximate surface area is 171 Å². The van der Waals surface area contributed by atoms with Crippen LogP contribution in [-0.4, -0.2) is 28.8 Å². The molecule has 0 saturated carbocycles. The van der Waals surface area contributed by atoms with Gasteiger partial charge in [-0.3, -0.25) is 9.79 Å². The molecule has 2 aromatic carbocycles. The van der Waals surface area contributed by atoms with E-state index in [-0.39, 0.29) is 11.4 Å². The van der Waals surface area contributed by atoms with Crippen molar-refractivity contribution >= 4 is 28.7 Å². The summed E-state index contributed by atoms with van der Waals surface area (Å²) in [7, 11) is 0. The number of fused-ring (bicyclic) bond motifs is 1. The molecule has 29 heavy (non-hydrogen) atoms. The molecule has 0 unspecified atom stereocenters. The van der Waals surface area contributed by atoms with E-state index < -0.39 is 0 Å². The molecule has 4 rings (SSSR count). The van der Waals surface area contributed by atoms with E-state index in [4.69, 9.17) is 0 Å². The number of anilines is 1. The highest BCUT2D eigenvalue weighted by Gasteiger charge is 2.15. The molecule has 0 bridgehead atoms. The third-order valence-electron chi connectivity index (χ3n) is 4.75. The molecule has 0 fully saturated rings. The quantitative estimate of drug-likeness (QED) is 0.673. The molecule has 0 radical (unpaired) electrons. The number of nitrogens with zero attached hydrogens (tertiary/aromatic N) is 2. The van der Waals surface area contributed by atoms with Gasteiger partial charge in [0.15, 0.2) is 0 Å². The van der Waals surface area contributed by atoms with Crippen molar-refractivity contribution in [1.82, 2.24) is 9.88 Å². The van der Waals surface area contributed by atoms with Gasteiger partial charge in [-0.15, -0.1) is 0 Å². The molecule has 148 valence electrons. The third-order valence-corrected chi connectivity index (χ3v) is 4.75. The van der Waals surface area contributed by atoms with Crippen molar-refractivity contribution in [2.45, 2.75) is 32.9 Å². The van der Waals surface area contributed by atoms with Crippen LogP contribution in [0.25, 0.3) is 10.9 Å². The normalized spacial score (nSPS) is 13.6. The van der Waals surface area contributed by atoms with Gasteiger partial charge in [-0.05, 0) is 68.8 Å². The average molecular weight is 386 g/mol. The van der Waals surface area contributed by atoms with Gasteiger partial charge in [0.05, 0.1) is 6.54 Å². The predicted molar refractivity (Wildman–Crippen MR) is 120 cm³/mol. The van der Waals surface area contributed by atoms with Gasteiger partial charge in [0.2, 0.25) is 0 Å². The smallest absolute Gasteiger partial charge is 0.251 e. The molecule has 0 aliphatic carbocycles. The summed E-state index contributed by atoms with van der Waals surface area (Å²) in [6.45, 7) is 7.38. The largest absolute Gasteiger partial charge is 0.357 e. The van der Waals surface area contributed by atoms with Crippen molar-refractivity contribution in [1.29, 1.82) is 0 Å². The van der Waals surface area contributed by atoms with Crippen molar-refractivity contribution in [2.24, 2.45) is 4.99 Å². The zero-order valence-corrected chi connectivity index (χ0v) is 17.1. The first kappa shape index (κ1) is 19.0. The third kappa shape index (κ3) is 4.57. The van der Waals surface area contributed by atoms with Crippen LogP contribution < -0.4 is 10.6 Å². The maximum absolute atomic E-state index is 12.5. The van der Waals surface area contributed by atoms with E-state index >= 15 is 0 Å². The van der Waals surface area contributed by atoms with Gasteiger partial charge >= 0.3 is 0 Å². The van der Waals surface area contributed by atoms with Crippen LogP contribution in [-0.2, 0) is 6.54 Å². The number of hydrogen-bond donors (Lipinski definition) is 2. The number of aromatic nitrogens is 1. The first-order valence-corrected chi connectivity index (χ1v) is 9.84. The molecule has 1 aliphatic heterocycles. The summed E-state index contributed by atoms with van der Waals surface area (Å²) >= 11 is 0. The second-order valence-electron chi connectivity index (χ2n) is 8.43. The molecule has 2 heterocycles. The van der Waals surface area contributed by atoms with Crippen LogP contribution in [0.4, 0.5) is 5.69 Å². The lowest BCUT2D eigenvalue weighted by Crippen LogP contribution is -2.40. The number of carbonyl (C=O) groups excluding carboxylic acids is 1. The summed E-state index contributed by atoms with van der Waals surface area (Å²) in [5, 5.41) is 7.61.